The summed E-state index contributed by atoms with van der Waals surface area (Å²) in [4.78, 5) is 28.7. The lowest BCUT2D eigenvalue weighted by atomic mass is 10.1. The Kier molecular flexibility index (Phi) is 23.2. The van der Waals surface area contributed by atoms with Crippen LogP contribution in [0.3, 0.4) is 0 Å². The Balaban J connectivity index is 0.681. The smallest absolute Gasteiger partial charge is 0.314 e. The van der Waals surface area contributed by atoms with Crippen LogP contribution < -0.4 is 40.2 Å². The highest BCUT2D eigenvalue weighted by molar-refractivity contribution is 7.89. The van der Waals surface area contributed by atoms with E-state index in [-0.39, 0.29) is 112 Å². The van der Waals surface area contributed by atoms with E-state index in [0.29, 0.717) is 50.5 Å². The Bertz CT molecular complexity index is 2400. The van der Waals surface area contributed by atoms with Crippen LogP contribution in [-0.2, 0) is 51.8 Å². The van der Waals surface area contributed by atoms with Crippen LogP contribution in [0.15, 0.2) is 107 Å². The molecule has 74 heavy (non-hydrogen) atoms. The second-order valence-electron chi connectivity index (χ2n) is 18.2. The van der Waals surface area contributed by atoms with Gasteiger partial charge in [0.1, 0.15) is 23.7 Å². The minimum Gasteiger partial charge on any atom is -0.484 e. The summed E-state index contributed by atoms with van der Waals surface area (Å²) in [6.07, 6.45) is 2.79. The topological polar surface area (TPSA) is 236 Å². The largest absolute Gasteiger partial charge is 0.484 e. The number of ether oxygens (including phenoxy) is 6. The molecule has 2 aliphatic rings. The second-order valence-corrected chi connectivity index (χ2v) is 21.7. The fourth-order valence-corrected chi connectivity index (χ4v) is 10.5. The van der Waals surface area contributed by atoms with Gasteiger partial charge < -0.3 is 59.5 Å². The van der Waals surface area contributed by atoms with E-state index in [2.05, 4.69) is 64.8 Å². The van der Waals surface area contributed by atoms with E-state index in [1.807, 2.05) is 52.5 Å². The van der Waals surface area contributed by atoms with Crippen LogP contribution in [0, 0.1) is 0 Å². The molecule has 0 aliphatic heterocycles. The van der Waals surface area contributed by atoms with E-state index in [1.165, 1.54) is 35.4 Å². The zero-order chi connectivity index (χ0) is 52.8. The highest BCUT2D eigenvalue weighted by atomic mass is 32.2. The van der Waals surface area contributed by atoms with Crippen molar-refractivity contribution in [2.45, 2.75) is 59.8 Å². The van der Waals surface area contributed by atoms with Crippen LogP contribution in [0.5, 0.6) is 11.5 Å². The van der Waals surface area contributed by atoms with Crippen LogP contribution in [0.1, 0.15) is 47.3 Å². The number of carbonyl (C=O) groups excluding carboxylic acids is 2. The first kappa shape index (κ1) is 57.9. The highest BCUT2D eigenvalue weighted by Gasteiger charge is 2.37. The summed E-state index contributed by atoms with van der Waals surface area (Å²) in [6, 6.07) is 29.0. The molecule has 0 saturated heterocycles. The predicted molar refractivity (Wildman–Crippen MR) is 281 cm³/mol. The number of nitrogens with zero attached hydrogens (tertiary/aromatic N) is 2. The maximum atomic E-state index is 12.8. The summed E-state index contributed by atoms with van der Waals surface area (Å²) in [6.45, 7) is 3.59. The molecule has 0 radical (unpaired) electrons. The number of sulfonamides is 2. The number of likely N-dealkylation sites (N-methyl/N-ethyl adjacent to an activating group) is 2. The summed E-state index contributed by atoms with van der Waals surface area (Å²) in [5.41, 5.74) is 4.80. The van der Waals surface area contributed by atoms with Crippen LogP contribution in [0.4, 0.5) is 9.59 Å². The second kappa shape index (κ2) is 29.6. The Hall–Kier alpha value is -5.40. The molecule has 4 atom stereocenters. The van der Waals surface area contributed by atoms with E-state index in [4.69, 9.17) is 28.4 Å². The summed E-state index contributed by atoms with van der Waals surface area (Å²) in [5, 5.41) is 10.9. The molecule has 0 saturated carbocycles. The molecule has 406 valence electrons. The summed E-state index contributed by atoms with van der Waals surface area (Å²) >= 11 is 0. The molecule has 6 rings (SSSR count). The standard InChI is InChI=1S/C52H74N8O12S2/c1-59(2)47-37-39-11-5-7-13-45(39)49(47)71-41-15-19-43(20-16-41)73(63,64)57-27-31-69-35-33-67-29-25-55-51(61)53-23-9-10-24-54-52(62)56-26-30-68-34-36-70-32-28-58-74(65,66)44-21-17-42(18-22-44)72-50-46-14-8-6-12-40(46)38-48(50)60(3)4/h5-8,11-22,47-50,57-58H,9-10,23-38H2,1-4H3,(H2,53,55,61)(H2,54,56,62)/t47-,48-,49-,50-/m0/s1. The van der Waals surface area contributed by atoms with Gasteiger partial charge in [-0.05, 0) is 125 Å². The van der Waals surface area contributed by atoms with Crippen molar-refractivity contribution in [2.24, 2.45) is 0 Å². The molecule has 0 spiro atoms. The third-order valence-electron chi connectivity index (χ3n) is 12.5. The van der Waals surface area contributed by atoms with E-state index in [0.717, 1.165) is 24.0 Å². The van der Waals surface area contributed by atoms with Gasteiger partial charge in [-0.1, -0.05) is 48.5 Å². The molecule has 4 aromatic carbocycles. The molecule has 2 aliphatic carbocycles. The average Bonchev–Trinajstić information content (AvgIpc) is 3.95. The van der Waals surface area contributed by atoms with Gasteiger partial charge >= 0.3 is 12.1 Å². The number of hydrogen-bond donors (Lipinski definition) is 6. The zero-order valence-corrected chi connectivity index (χ0v) is 44.5. The van der Waals surface area contributed by atoms with Crippen molar-refractivity contribution in [1.82, 2.24) is 40.5 Å². The monoisotopic (exact) mass is 1070 g/mol. The van der Waals surface area contributed by atoms with E-state index < -0.39 is 20.0 Å². The van der Waals surface area contributed by atoms with Crippen molar-refractivity contribution >= 4 is 32.1 Å². The molecule has 0 heterocycles. The Morgan fingerprint density at radius 1 is 0.459 bits per heavy atom. The first-order valence-corrected chi connectivity index (χ1v) is 28.0. The molecular weight excluding hydrogens is 993 g/mol. The number of fused-ring (bicyclic) bond motifs is 2. The van der Waals surface area contributed by atoms with Gasteiger partial charge in [0.05, 0.1) is 74.7 Å². The van der Waals surface area contributed by atoms with Crippen molar-refractivity contribution < 1.29 is 54.8 Å². The van der Waals surface area contributed by atoms with Crippen molar-refractivity contribution in [3.63, 3.8) is 0 Å². The number of rotatable bonds is 33. The molecule has 4 aromatic rings. The minimum absolute atomic E-state index is 0.0914. The Morgan fingerprint density at radius 2 is 0.797 bits per heavy atom. The van der Waals surface area contributed by atoms with Crippen LogP contribution in [0.25, 0.3) is 0 Å². The van der Waals surface area contributed by atoms with Crippen molar-refractivity contribution in [1.29, 1.82) is 0 Å². The number of amides is 4. The first-order valence-electron chi connectivity index (χ1n) is 25.1. The SMILES string of the molecule is CN(C)[C@H]1Cc2ccccc2[C@@H]1Oc1ccc(S(=O)(=O)NCCOCCOCCNC(=O)NCCCCNC(=O)NCCOCCOCCNS(=O)(=O)c2ccc(O[C@H]3c4ccccc4C[C@@H]3N(C)C)cc2)cc1. The third kappa shape index (κ3) is 18.2. The van der Waals surface area contributed by atoms with E-state index in [9.17, 15) is 26.4 Å². The Morgan fingerprint density at radius 3 is 1.16 bits per heavy atom. The summed E-state index contributed by atoms with van der Waals surface area (Å²) in [7, 11) is 0.649. The van der Waals surface area contributed by atoms with Crippen molar-refractivity contribution in [3.8, 4) is 11.5 Å². The summed E-state index contributed by atoms with van der Waals surface area (Å²) in [5.74, 6) is 1.19. The van der Waals surface area contributed by atoms with Crippen LogP contribution >= 0.6 is 0 Å². The van der Waals surface area contributed by atoms with Gasteiger partial charge in [0, 0.05) is 39.3 Å². The fraction of sp³-hybridized carbons (Fsp3) is 0.500. The van der Waals surface area contributed by atoms with E-state index in [1.54, 1.807) is 24.3 Å². The number of nitrogens with one attached hydrogen (secondary N) is 6. The van der Waals surface area contributed by atoms with Gasteiger partial charge in [-0.3, -0.25) is 0 Å². The number of hydrogen-bond acceptors (Lipinski definition) is 14. The number of carbonyl (C=O) groups is 2. The van der Waals surface area contributed by atoms with E-state index >= 15 is 0 Å². The van der Waals surface area contributed by atoms with Gasteiger partial charge in [0.25, 0.3) is 0 Å². The molecule has 4 amide bonds. The molecule has 0 unspecified atom stereocenters. The maximum absolute atomic E-state index is 12.8. The number of urea groups is 2. The third-order valence-corrected chi connectivity index (χ3v) is 15.4. The normalized spacial score (nSPS) is 17.2. The number of benzene rings is 4. The van der Waals surface area contributed by atoms with Crippen molar-refractivity contribution in [2.75, 3.05) is 120 Å². The minimum atomic E-state index is -3.74. The Labute approximate surface area is 436 Å². The zero-order valence-electron chi connectivity index (χ0n) is 42.9. The molecule has 22 heteroatoms. The quantitative estimate of drug-likeness (QED) is 0.0375. The van der Waals surface area contributed by atoms with Gasteiger partial charge in [0.2, 0.25) is 20.0 Å². The maximum Gasteiger partial charge on any atom is 0.314 e. The lowest BCUT2D eigenvalue weighted by molar-refractivity contribution is 0.0516. The lowest BCUT2D eigenvalue weighted by Gasteiger charge is -2.27. The van der Waals surface area contributed by atoms with Gasteiger partial charge in [-0.2, -0.15) is 0 Å². The first-order chi connectivity index (χ1) is 35.7. The molecule has 0 bridgehead atoms. The molecular formula is C52H74N8O12S2. The van der Waals surface area contributed by atoms with Crippen LogP contribution in [0.2, 0.25) is 0 Å². The van der Waals surface area contributed by atoms with Gasteiger partial charge in [-0.15, -0.1) is 0 Å². The molecule has 6 N–H and O–H groups in total. The molecule has 0 fully saturated rings. The fourth-order valence-electron chi connectivity index (χ4n) is 8.51. The number of unbranched alkanes of at least 4 members (excludes halogenated alkanes) is 1. The van der Waals surface area contributed by atoms with Crippen molar-refractivity contribution in [3.05, 3.63) is 119 Å². The average molecular weight is 1070 g/mol. The molecule has 20 nitrogen and oxygen atoms in total. The van der Waals surface area contributed by atoms with Gasteiger partial charge in [0.15, 0.2) is 0 Å². The lowest BCUT2D eigenvalue weighted by Crippen LogP contribution is -2.39. The highest BCUT2D eigenvalue weighted by Crippen LogP contribution is 2.39. The molecule has 0 aromatic heterocycles. The summed E-state index contributed by atoms with van der Waals surface area (Å²) < 4.78 is 91.2. The predicted octanol–water partition coefficient (Wildman–Crippen LogP) is 3.60. The van der Waals surface area contributed by atoms with Gasteiger partial charge in [-0.25, -0.2) is 35.9 Å². The van der Waals surface area contributed by atoms with Crippen LogP contribution in [-0.4, -0.2) is 171 Å².